The van der Waals surface area contributed by atoms with E-state index in [0.717, 1.165) is 42.1 Å². The minimum atomic E-state index is -0.191. The van der Waals surface area contributed by atoms with Crippen LogP contribution in [0, 0.1) is 20.8 Å². The van der Waals surface area contributed by atoms with Gasteiger partial charge in [0.1, 0.15) is 11.6 Å². The molecule has 1 amide bonds. The Labute approximate surface area is 164 Å². The van der Waals surface area contributed by atoms with Crippen molar-refractivity contribution in [1.29, 1.82) is 0 Å². The minimum Gasteiger partial charge on any atom is -0.364 e. The molecule has 0 saturated carbocycles. The molecule has 0 aromatic carbocycles. The summed E-state index contributed by atoms with van der Waals surface area (Å²) in [6, 6.07) is 2.10. The Morgan fingerprint density at radius 3 is 2.74 bits per heavy atom. The van der Waals surface area contributed by atoms with Gasteiger partial charge in [0.25, 0.3) is 5.91 Å². The molecule has 1 atom stereocenters. The average Bonchev–Trinajstić information content (AvgIpc) is 3.08. The third-order valence-electron chi connectivity index (χ3n) is 4.87. The molecular formula is C19H25ClN6O. The number of hydrogen-bond donors (Lipinski definition) is 1. The predicted octanol–water partition coefficient (Wildman–Crippen LogP) is 2.84. The summed E-state index contributed by atoms with van der Waals surface area (Å²) < 4.78 is 0. The van der Waals surface area contributed by atoms with E-state index in [1.165, 1.54) is 4.90 Å². The maximum atomic E-state index is 12.3. The van der Waals surface area contributed by atoms with Crippen molar-refractivity contribution in [3.05, 3.63) is 39.9 Å². The van der Waals surface area contributed by atoms with Crippen LogP contribution in [0.15, 0.2) is 12.3 Å². The molecule has 2 aromatic heterocycles. The van der Waals surface area contributed by atoms with Crippen molar-refractivity contribution in [2.24, 2.45) is 0 Å². The molecule has 1 aliphatic rings. The molecule has 3 rings (SSSR count). The van der Waals surface area contributed by atoms with Crippen LogP contribution in [0.3, 0.4) is 0 Å². The second-order valence-electron chi connectivity index (χ2n) is 7.15. The van der Waals surface area contributed by atoms with E-state index in [1.807, 2.05) is 26.8 Å². The fraction of sp³-hybridized carbons (Fsp3) is 0.474. The van der Waals surface area contributed by atoms with Crippen LogP contribution < -0.4 is 10.2 Å². The SMILES string of the molecule is Cc1ccnc(N[C@@H]2CCN(c3nc(C(=O)N(C)C)nc(C)c3C)C2)c1Cl. The Balaban J connectivity index is 1.80. The van der Waals surface area contributed by atoms with E-state index in [0.29, 0.717) is 10.8 Å². The second kappa shape index (κ2) is 7.68. The van der Waals surface area contributed by atoms with Gasteiger partial charge in [0.15, 0.2) is 0 Å². The van der Waals surface area contributed by atoms with Gasteiger partial charge >= 0.3 is 0 Å². The summed E-state index contributed by atoms with van der Waals surface area (Å²) in [6.45, 7) is 7.48. The summed E-state index contributed by atoms with van der Waals surface area (Å²) in [7, 11) is 3.41. The van der Waals surface area contributed by atoms with Gasteiger partial charge in [-0.2, -0.15) is 0 Å². The quantitative estimate of drug-likeness (QED) is 0.868. The Morgan fingerprint density at radius 1 is 1.30 bits per heavy atom. The molecule has 0 aliphatic carbocycles. The van der Waals surface area contributed by atoms with Crippen molar-refractivity contribution in [2.75, 3.05) is 37.4 Å². The number of nitrogens with zero attached hydrogens (tertiary/aromatic N) is 5. The van der Waals surface area contributed by atoms with Gasteiger partial charge in [-0.25, -0.2) is 15.0 Å². The standard InChI is InChI=1S/C19H25ClN6O/c1-11-6-8-21-16(15(11)20)23-14-7-9-26(10-14)18-12(2)13(3)22-17(24-18)19(27)25(4)5/h6,8,14H,7,9-10H2,1-5H3,(H,21,23)/t14-/m1/s1. The lowest BCUT2D eigenvalue weighted by molar-refractivity contribution is 0.0815. The first-order chi connectivity index (χ1) is 12.8. The van der Waals surface area contributed by atoms with Crippen LogP contribution in [-0.4, -0.2) is 59.0 Å². The van der Waals surface area contributed by atoms with Crippen LogP contribution in [0.25, 0.3) is 0 Å². The molecule has 1 saturated heterocycles. The van der Waals surface area contributed by atoms with Crippen molar-refractivity contribution < 1.29 is 4.79 Å². The Kier molecular flexibility index (Phi) is 5.51. The molecular weight excluding hydrogens is 364 g/mol. The molecule has 27 heavy (non-hydrogen) atoms. The zero-order valence-electron chi connectivity index (χ0n) is 16.4. The van der Waals surface area contributed by atoms with Gasteiger partial charge in [0.05, 0.1) is 5.02 Å². The van der Waals surface area contributed by atoms with E-state index in [1.54, 1.807) is 20.3 Å². The Morgan fingerprint density at radius 2 is 2.04 bits per heavy atom. The van der Waals surface area contributed by atoms with E-state index in [-0.39, 0.29) is 17.8 Å². The maximum Gasteiger partial charge on any atom is 0.291 e. The predicted molar refractivity (Wildman–Crippen MR) is 108 cm³/mol. The molecule has 1 aliphatic heterocycles. The first-order valence-electron chi connectivity index (χ1n) is 8.97. The number of carbonyl (C=O) groups is 1. The molecule has 0 spiro atoms. The molecule has 8 heteroatoms. The molecule has 0 bridgehead atoms. The molecule has 2 aromatic rings. The van der Waals surface area contributed by atoms with Gasteiger partial charge in [-0.05, 0) is 38.8 Å². The number of carbonyl (C=O) groups excluding carboxylic acids is 1. The Hall–Kier alpha value is -2.41. The lowest BCUT2D eigenvalue weighted by Crippen LogP contribution is -2.30. The summed E-state index contributed by atoms with van der Waals surface area (Å²) in [6.07, 6.45) is 2.69. The number of amides is 1. The number of rotatable bonds is 4. The third kappa shape index (κ3) is 3.98. The fourth-order valence-corrected chi connectivity index (χ4v) is 3.29. The van der Waals surface area contributed by atoms with Gasteiger partial charge in [0.2, 0.25) is 5.82 Å². The molecule has 0 unspecified atom stereocenters. The van der Waals surface area contributed by atoms with E-state index in [9.17, 15) is 4.79 Å². The lowest BCUT2D eigenvalue weighted by Gasteiger charge is -2.22. The molecule has 7 nitrogen and oxygen atoms in total. The summed E-state index contributed by atoms with van der Waals surface area (Å²) in [5.41, 5.74) is 2.82. The second-order valence-corrected chi connectivity index (χ2v) is 7.53. The van der Waals surface area contributed by atoms with E-state index in [4.69, 9.17) is 11.6 Å². The lowest BCUT2D eigenvalue weighted by atomic mass is 10.2. The number of anilines is 2. The molecule has 144 valence electrons. The number of halogens is 1. The van der Waals surface area contributed by atoms with Crippen LogP contribution in [0.5, 0.6) is 0 Å². The van der Waals surface area contributed by atoms with Crippen molar-refractivity contribution >= 4 is 29.1 Å². The van der Waals surface area contributed by atoms with Gasteiger partial charge < -0.3 is 15.1 Å². The number of hydrogen-bond acceptors (Lipinski definition) is 6. The number of aromatic nitrogens is 3. The average molecular weight is 389 g/mol. The monoisotopic (exact) mass is 388 g/mol. The van der Waals surface area contributed by atoms with Gasteiger partial charge in [-0.1, -0.05) is 11.6 Å². The molecule has 0 radical (unpaired) electrons. The van der Waals surface area contributed by atoms with Crippen molar-refractivity contribution in [3.63, 3.8) is 0 Å². The maximum absolute atomic E-state index is 12.3. The first-order valence-corrected chi connectivity index (χ1v) is 9.35. The van der Waals surface area contributed by atoms with E-state index >= 15 is 0 Å². The third-order valence-corrected chi connectivity index (χ3v) is 5.35. The number of aryl methyl sites for hydroxylation is 2. The van der Waals surface area contributed by atoms with Crippen LogP contribution in [0.2, 0.25) is 5.02 Å². The normalized spacial score (nSPS) is 16.5. The van der Waals surface area contributed by atoms with Gasteiger partial charge in [0, 0.05) is 50.7 Å². The fourth-order valence-electron chi connectivity index (χ4n) is 3.12. The molecule has 1 fully saturated rings. The topological polar surface area (TPSA) is 74.2 Å². The largest absolute Gasteiger partial charge is 0.364 e. The Bertz CT molecular complexity index is 870. The summed E-state index contributed by atoms with van der Waals surface area (Å²) >= 11 is 6.35. The molecule has 1 N–H and O–H groups in total. The number of nitrogens with one attached hydrogen (secondary N) is 1. The van der Waals surface area contributed by atoms with Crippen molar-refractivity contribution in [2.45, 2.75) is 33.2 Å². The summed E-state index contributed by atoms with van der Waals surface area (Å²) in [5, 5.41) is 4.09. The van der Waals surface area contributed by atoms with E-state index in [2.05, 4.69) is 25.2 Å². The van der Waals surface area contributed by atoms with Crippen LogP contribution >= 0.6 is 11.6 Å². The van der Waals surface area contributed by atoms with Crippen LogP contribution in [0.1, 0.15) is 33.9 Å². The minimum absolute atomic E-state index is 0.191. The summed E-state index contributed by atoms with van der Waals surface area (Å²) in [4.78, 5) is 29.3. The highest BCUT2D eigenvalue weighted by Gasteiger charge is 2.27. The highest BCUT2D eigenvalue weighted by atomic mass is 35.5. The highest BCUT2D eigenvalue weighted by Crippen LogP contribution is 2.28. The first kappa shape index (κ1) is 19.4. The van der Waals surface area contributed by atoms with Crippen LogP contribution in [-0.2, 0) is 0 Å². The van der Waals surface area contributed by atoms with Crippen molar-refractivity contribution in [3.8, 4) is 0 Å². The summed E-state index contributed by atoms with van der Waals surface area (Å²) in [5.74, 6) is 1.57. The van der Waals surface area contributed by atoms with E-state index < -0.39 is 0 Å². The van der Waals surface area contributed by atoms with Crippen LogP contribution in [0.4, 0.5) is 11.6 Å². The van der Waals surface area contributed by atoms with Crippen molar-refractivity contribution in [1.82, 2.24) is 19.9 Å². The zero-order valence-corrected chi connectivity index (χ0v) is 17.1. The van der Waals surface area contributed by atoms with Gasteiger partial charge in [-0.15, -0.1) is 0 Å². The zero-order chi connectivity index (χ0) is 19.7. The number of pyridine rings is 1. The molecule has 3 heterocycles. The highest BCUT2D eigenvalue weighted by molar-refractivity contribution is 6.33. The smallest absolute Gasteiger partial charge is 0.291 e. The van der Waals surface area contributed by atoms with Gasteiger partial charge in [-0.3, -0.25) is 4.79 Å².